The van der Waals surface area contributed by atoms with Crippen LogP contribution in [-0.4, -0.2) is 83.8 Å². The van der Waals surface area contributed by atoms with Crippen LogP contribution in [0.5, 0.6) is 0 Å². The monoisotopic (exact) mass is 636 g/mol. The molecule has 0 bridgehead atoms. The van der Waals surface area contributed by atoms with Crippen molar-refractivity contribution in [1.82, 2.24) is 0 Å². The van der Waals surface area contributed by atoms with Crippen LogP contribution < -0.4 is 0 Å². The van der Waals surface area contributed by atoms with E-state index in [1.165, 1.54) is 0 Å². The Morgan fingerprint density at radius 3 is 0.905 bits per heavy atom. The molecule has 1 aliphatic rings. The molecular formula is C22H16F12O8. The molecule has 0 aromatic heterocycles. The standard InChI is InChI=1S/C22H16F12O8/c1-5-11(35)39-15(9-23)17(25,26)16(10-24,40-12(36)6-2)19(29,30)22(34,42-14(38)8-4)20(31,32)21(33,18(15,27)28)41-13(37)7-3/h5-8H,1-4,9-10H2. The van der Waals surface area contributed by atoms with Crippen LogP contribution in [0.1, 0.15) is 0 Å². The maximum atomic E-state index is 16.1. The number of hydrogen-bond donors (Lipinski definition) is 0. The zero-order chi connectivity index (χ0) is 33.4. The summed E-state index contributed by atoms with van der Waals surface area (Å²) in [6, 6.07) is 0. The van der Waals surface area contributed by atoms with Crippen molar-refractivity contribution in [2.24, 2.45) is 0 Å². The van der Waals surface area contributed by atoms with Gasteiger partial charge >= 0.3 is 59.3 Å². The van der Waals surface area contributed by atoms with Crippen LogP contribution in [0.2, 0.25) is 0 Å². The summed E-state index contributed by atoms with van der Waals surface area (Å²) in [6.07, 6.45) is -1.84. The van der Waals surface area contributed by atoms with Gasteiger partial charge in [0.25, 0.3) is 11.2 Å². The Hall–Kier alpha value is -4.00. The highest BCUT2D eigenvalue weighted by atomic mass is 19.3. The highest BCUT2D eigenvalue weighted by Gasteiger charge is 3.03. The fourth-order valence-corrected chi connectivity index (χ4v) is 3.53. The first-order valence-electron chi connectivity index (χ1n) is 10.4. The molecule has 0 N–H and O–H groups in total. The minimum Gasteiger partial charge on any atom is -0.440 e. The lowest BCUT2D eigenvalue weighted by molar-refractivity contribution is -0.509. The van der Waals surface area contributed by atoms with Gasteiger partial charge in [-0.25, -0.2) is 28.0 Å². The van der Waals surface area contributed by atoms with Crippen LogP contribution in [0.3, 0.4) is 0 Å². The summed E-state index contributed by atoms with van der Waals surface area (Å²) in [7, 11) is 0. The fraction of sp³-hybridized carbons (Fsp3) is 0.455. The molecule has 0 amide bonds. The lowest BCUT2D eigenvalue weighted by atomic mass is 9.66. The second-order valence-corrected chi connectivity index (χ2v) is 7.91. The summed E-state index contributed by atoms with van der Waals surface area (Å²) >= 11 is 0. The number of carbonyl (C=O) groups excluding carboxylic acids is 4. The van der Waals surface area contributed by atoms with E-state index >= 15 is 43.9 Å². The van der Waals surface area contributed by atoms with Gasteiger partial charge in [0.15, 0.2) is 0 Å². The molecule has 4 unspecified atom stereocenters. The summed E-state index contributed by atoms with van der Waals surface area (Å²) in [5.41, 5.74) is -13.1. The lowest BCUT2D eigenvalue weighted by Crippen LogP contribution is -2.90. The largest absolute Gasteiger partial charge is 0.440 e. The molecule has 1 aliphatic carbocycles. The van der Waals surface area contributed by atoms with E-state index in [0.29, 0.717) is 0 Å². The van der Waals surface area contributed by atoms with Gasteiger partial charge in [-0.15, -0.1) is 0 Å². The van der Waals surface area contributed by atoms with Crippen molar-refractivity contribution in [1.29, 1.82) is 0 Å². The maximum Gasteiger partial charge on any atom is 0.397 e. The lowest BCUT2D eigenvalue weighted by Gasteiger charge is -2.58. The van der Waals surface area contributed by atoms with Gasteiger partial charge in [-0.1, -0.05) is 26.3 Å². The molecule has 0 saturated heterocycles. The number of rotatable bonds is 10. The van der Waals surface area contributed by atoms with Crippen molar-refractivity contribution in [2.45, 2.75) is 46.6 Å². The van der Waals surface area contributed by atoms with E-state index in [1.807, 2.05) is 0 Å². The molecule has 0 heterocycles. The van der Waals surface area contributed by atoms with Crippen LogP contribution in [0.4, 0.5) is 52.7 Å². The van der Waals surface area contributed by atoms with Crippen LogP contribution >= 0.6 is 0 Å². The highest BCUT2D eigenvalue weighted by molar-refractivity contribution is 5.84. The third-order valence-corrected chi connectivity index (χ3v) is 5.72. The molecule has 4 atom stereocenters. The Morgan fingerprint density at radius 1 is 0.452 bits per heavy atom. The van der Waals surface area contributed by atoms with Gasteiger partial charge in [0.2, 0.25) is 0 Å². The van der Waals surface area contributed by atoms with Crippen LogP contribution in [0.25, 0.3) is 0 Å². The molecule has 1 fully saturated rings. The zero-order valence-electron chi connectivity index (χ0n) is 20.4. The first-order chi connectivity index (χ1) is 18.9. The van der Waals surface area contributed by atoms with Gasteiger partial charge in [0.05, 0.1) is 0 Å². The van der Waals surface area contributed by atoms with Crippen molar-refractivity contribution in [3.05, 3.63) is 50.6 Å². The number of esters is 4. The van der Waals surface area contributed by atoms with Gasteiger partial charge in [-0.05, 0) is 0 Å². The van der Waals surface area contributed by atoms with Gasteiger partial charge in [-0.2, -0.15) is 43.9 Å². The van der Waals surface area contributed by atoms with Crippen LogP contribution in [0, 0.1) is 0 Å². The molecule has 0 aliphatic heterocycles. The van der Waals surface area contributed by atoms with E-state index in [9.17, 15) is 28.0 Å². The van der Waals surface area contributed by atoms with Gasteiger partial charge in [0, 0.05) is 24.3 Å². The summed E-state index contributed by atoms with van der Waals surface area (Å²) in [5, 5.41) is 0. The summed E-state index contributed by atoms with van der Waals surface area (Å²) in [4.78, 5) is 46.7. The molecule has 0 aromatic carbocycles. The number of alkyl halides is 12. The first-order valence-corrected chi connectivity index (χ1v) is 10.4. The number of ether oxygens (including phenoxy) is 4. The molecule has 42 heavy (non-hydrogen) atoms. The molecule has 1 saturated carbocycles. The van der Waals surface area contributed by atoms with Gasteiger partial charge < -0.3 is 18.9 Å². The van der Waals surface area contributed by atoms with E-state index < -0.39 is 108 Å². The van der Waals surface area contributed by atoms with Crippen molar-refractivity contribution < 1.29 is 90.8 Å². The third kappa shape index (κ3) is 4.24. The average Bonchev–Trinajstić information content (AvgIpc) is 2.92. The fourth-order valence-electron chi connectivity index (χ4n) is 3.53. The Morgan fingerprint density at radius 2 is 0.690 bits per heavy atom. The second-order valence-electron chi connectivity index (χ2n) is 7.91. The molecule has 0 aromatic rings. The Labute approximate surface area is 226 Å². The molecule has 20 heteroatoms. The Kier molecular flexibility index (Phi) is 9.44. The quantitative estimate of drug-likeness (QED) is 0.152. The zero-order valence-corrected chi connectivity index (χ0v) is 20.4. The Balaban J connectivity index is 4.86. The predicted octanol–water partition coefficient (Wildman–Crippen LogP) is 4.21. The van der Waals surface area contributed by atoms with E-state index in [-0.39, 0.29) is 0 Å². The molecular weight excluding hydrogens is 620 g/mol. The minimum atomic E-state index is -7.77. The Bertz CT molecular complexity index is 1100. The number of carbonyl (C=O) groups is 4. The van der Waals surface area contributed by atoms with Crippen molar-refractivity contribution in [3.63, 3.8) is 0 Å². The van der Waals surface area contributed by atoms with E-state index in [1.54, 1.807) is 0 Å². The topological polar surface area (TPSA) is 105 Å². The highest BCUT2D eigenvalue weighted by Crippen LogP contribution is 2.69. The molecule has 0 spiro atoms. The van der Waals surface area contributed by atoms with Crippen LogP contribution in [0.15, 0.2) is 50.6 Å². The van der Waals surface area contributed by atoms with Crippen molar-refractivity contribution in [2.75, 3.05) is 13.3 Å². The smallest absolute Gasteiger partial charge is 0.397 e. The number of hydrogen-bond acceptors (Lipinski definition) is 8. The van der Waals surface area contributed by atoms with Gasteiger partial charge in [-0.3, -0.25) is 0 Å². The van der Waals surface area contributed by atoms with Crippen molar-refractivity contribution in [3.8, 4) is 0 Å². The SMILES string of the molecule is C=CC(=O)OC1(F)C(F)(F)C(F)(OC(=O)C=C)C(F)(F)C(CF)(OC(=O)C=C)C(F)(F)C(CF)(OC(=O)C=C)C1(F)F. The first kappa shape index (κ1) is 36.0. The normalized spacial score (nSPS) is 32.5. The van der Waals surface area contributed by atoms with Crippen LogP contribution in [-0.2, 0) is 38.1 Å². The molecule has 236 valence electrons. The second kappa shape index (κ2) is 11.0. The van der Waals surface area contributed by atoms with Gasteiger partial charge in [0.1, 0.15) is 13.3 Å². The minimum absolute atomic E-state index is 0.424. The predicted molar refractivity (Wildman–Crippen MR) is 110 cm³/mol. The number of halogens is 12. The average molecular weight is 636 g/mol. The molecule has 0 radical (unpaired) electrons. The molecule has 1 rings (SSSR count). The van der Waals surface area contributed by atoms with E-state index in [4.69, 9.17) is 0 Å². The summed E-state index contributed by atoms with van der Waals surface area (Å²) in [6.45, 7) is 1.91. The summed E-state index contributed by atoms with van der Waals surface area (Å²) < 4.78 is 200. The van der Waals surface area contributed by atoms with Crippen molar-refractivity contribution >= 4 is 23.9 Å². The third-order valence-electron chi connectivity index (χ3n) is 5.72. The summed E-state index contributed by atoms with van der Waals surface area (Å²) in [5.74, 6) is -56.3. The van der Waals surface area contributed by atoms with E-state index in [0.717, 1.165) is 0 Å². The maximum absolute atomic E-state index is 16.1. The van der Waals surface area contributed by atoms with E-state index in [2.05, 4.69) is 45.3 Å². The molecule has 8 nitrogen and oxygen atoms in total.